The summed E-state index contributed by atoms with van der Waals surface area (Å²) in [6.07, 6.45) is 5.58. The minimum Gasteiger partial charge on any atom is -0.328 e. The van der Waals surface area contributed by atoms with Crippen LogP contribution in [0.15, 0.2) is 47.7 Å². The lowest BCUT2D eigenvalue weighted by Crippen LogP contribution is -2.05. The number of imidazole rings is 1. The van der Waals surface area contributed by atoms with Gasteiger partial charge < -0.3 is 9.38 Å². The monoisotopic (exact) mass is 314 g/mol. The molecule has 1 N–H and O–H groups in total. The topological polar surface area (TPSA) is 73.9 Å². The summed E-state index contributed by atoms with van der Waals surface area (Å²) in [5.41, 5.74) is 4.84. The van der Waals surface area contributed by atoms with E-state index >= 15 is 0 Å². The van der Waals surface area contributed by atoms with Gasteiger partial charge in [-0.3, -0.25) is 4.79 Å². The summed E-state index contributed by atoms with van der Waals surface area (Å²) in [5.74, 6) is 0. The molecule has 24 heavy (non-hydrogen) atoms. The maximum Gasteiger partial charge on any atom is 0.255 e. The molecule has 4 aromatic rings. The van der Waals surface area contributed by atoms with Crippen molar-refractivity contribution < 1.29 is 0 Å². The van der Waals surface area contributed by atoms with Gasteiger partial charge in [-0.05, 0) is 54.1 Å². The molecule has 0 atom stereocenters. The highest BCUT2D eigenvalue weighted by atomic mass is 16.1. The second-order valence-electron chi connectivity index (χ2n) is 5.93. The Kier molecular flexibility index (Phi) is 3.00. The summed E-state index contributed by atoms with van der Waals surface area (Å²) in [7, 11) is 0. The van der Waals surface area contributed by atoms with Crippen molar-refractivity contribution >= 4 is 16.4 Å². The first-order chi connectivity index (χ1) is 11.6. The molecular weight excluding hydrogens is 300 g/mol. The van der Waals surface area contributed by atoms with Crippen molar-refractivity contribution in [3.8, 4) is 17.2 Å². The molecule has 1 aromatic carbocycles. The lowest BCUT2D eigenvalue weighted by molar-refractivity contribution is 1.18. The third kappa shape index (κ3) is 2.09. The fourth-order valence-corrected chi connectivity index (χ4v) is 3.04. The van der Waals surface area contributed by atoms with Crippen LogP contribution in [-0.4, -0.2) is 14.4 Å². The number of nitriles is 1. The quantitative estimate of drug-likeness (QED) is 0.585. The highest BCUT2D eigenvalue weighted by Crippen LogP contribution is 2.26. The van der Waals surface area contributed by atoms with Gasteiger partial charge in [0.2, 0.25) is 0 Å². The van der Waals surface area contributed by atoms with Crippen molar-refractivity contribution in [2.75, 3.05) is 0 Å². The van der Waals surface area contributed by atoms with Crippen LogP contribution in [0.5, 0.6) is 0 Å². The number of benzene rings is 1. The molecule has 0 aliphatic rings. The summed E-state index contributed by atoms with van der Waals surface area (Å²) in [6.45, 7) is 3.87. The molecule has 0 unspecified atom stereocenters. The molecule has 4 rings (SSSR count). The van der Waals surface area contributed by atoms with Gasteiger partial charge >= 0.3 is 0 Å². The maximum absolute atomic E-state index is 11.9. The molecule has 0 fully saturated rings. The molecule has 0 saturated heterocycles. The van der Waals surface area contributed by atoms with Crippen LogP contribution in [0.3, 0.4) is 0 Å². The van der Waals surface area contributed by atoms with E-state index in [1.807, 2.05) is 54.9 Å². The van der Waals surface area contributed by atoms with Crippen LogP contribution in [0.4, 0.5) is 0 Å². The Morgan fingerprint density at radius 1 is 1.12 bits per heavy atom. The number of rotatable bonds is 1. The van der Waals surface area contributed by atoms with Gasteiger partial charge in [0.25, 0.3) is 5.56 Å². The van der Waals surface area contributed by atoms with Gasteiger partial charge in [-0.15, -0.1) is 0 Å². The minimum absolute atomic E-state index is 0.0967. The average Bonchev–Trinajstić information content (AvgIpc) is 2.97. The Bertz CT molecular complexity index is 1210. The number of nitrogens with one attached hydrogen (secondary N) is 1. The van der Waals surface area contributed by atoms with E-state index in [1.165, 1.54) is 0 Å². The third-order valence-electron chi connectivity index (χ3n) is 4.23. The molecule has 0 bridgehead atoms. The molecule has 0 radical (unpaired) electrons. The Balaban J connectivity index is 2.01. The zero-order chi connectivity index (χ0) is 16.8. The first-order valence-electron chi connectivity index (χ1n) is 7.59. The van der Waals surface area contributed by atoms with Gasteiger partial charge in [-0.2, -0.15) is 5.26 Å². The van der Waals surface area contributed by atoms with Gasteiger partial charge in [0.05, 0.1) is 11.3 Å². The number of hydrogen-bond acceptors (Lipinski definition) is 3. The highest BCUT2D eigenvalue weighted by Gasteiger charge is 2.10. The van der Waals surface area contributed by atoms with E-state index < -0.39 is 0 Å². The second-order valence-corrected chi connectivity index (χ2v) is 5.93. The number of H-pyrrole nitrogens is 1. The first-order valence-corrected chi connectivity index (χ1v) is 7.59. The molecule has 0 aliphatic carbocycles. The van der Waals surface area contributed by atoms with Gasteiger partial charge in [0, 0.05) is 24.0 Å². The molecule has 116 valence electrons. The zero-order valence-electron chi connectivity index (χ0n) is 13.3. The van der Waals surface area contributed by atoms with Crippen LogP contribution in [0.25, 0.3) is 27.5 Å². The molecule has 5 nitrogen and oxygen atoms in total. The molecule has 3 aromatic heterocycles. The Morgan fingerprint density at radius 3 is 2.75 bits per heavy atom. The minimum atomic E-state index is -0.0967. The first kappa shape index (κ1) is 14.2. The van der Waals surface area contributed by atoms with Crippen molar-refractivity contribution in [2.24, 2.45) is 0 Å². The van der Waals surface area contributed by atoms with Crippen molar-refractivity contribution in [2.45, 2.75) is 13.8 Å². The lowest BCUT2D eigenvalue weighted by Gasteiger charge is -2.07. The molecule has 0 aliphatic heterocycles. The molecular formula is C19H14N4O. The van der Waals surface area contributed by atoms with Crippen molar-refractivity contribution in [1.29, 1.82) is 5.26 Å². The fourth-order valence-electron chi connectivity index (χ4n) is 3.04. The molecule has 0 spiro atoms. The number of nitrogens with zero attached hydrogens (tertiary/aromatic N) is 3. The van der Waals surface area contributed by atoms with Gasteiger partial charge in [-0.25, -0.2) is 4.98 Å². The van der Waals surface area contributed by atoms with E-state index in [1.54, 1.807) is 6.20 Å². The summed E-state index contributed by atoms with van der Waals surface area (Å²) in [6, 6.07) is 9.77. The van der Waals surface area contributed by atoms with Crippen LogP contribution >= 0.6 is 0 Å². The van der Waals surface area contributed by atoms with E-state index in [0.29, 0.717) is 16.6 Å². The van der Waals surface area contributed by atoms with Crippen molar-refractivity contribution in [3.05, 3.63) is 70.0 Å². The van der Waals surface area contributed by atoms with Crippen LogP contribution < -0.4 is 5.56 Å². The predicted molar refractivity (Wildman–Crippen MR) is 92.9 cm³/mol. The number of aromatic nitrogens is 3. The van der Waals surface area contributed by atoms with E-state index in [0.717, 1.165) is 27.8 Å². The largest absolute Gasteiger partial charge is 0.328 e. The molecule has 3 heterocycles. The predicted octanol–water partition coefficient (Wildman–Crippen LogP) is 3.33. The molecule has 5 heteroatoms. The highest BCUT2D eigenvalue weighted by molar-refractivity contribution is 5.89. The number of aryl methyl sites for hydroxylation is 2. The summed E-state index contributed by atoms with van der Waals surface area (Å²) in [5, 5.41) is 11.0. The van der Waals surface area contributed by atoms with Crippen LogP contribution in [0.1, 0.15) is 16.8 Å². The summed E-state index contributed by atoms with van der Waals surface area (Å²) < 4.78 is 1.87. The number of hydrogen-bond donors (Lipinski definition) is 1. The van der Waals surface area contributed by atoms with Crippen molar-refractivity contribution in [1.82, 2.24) is 14.4 Å². The van der Waals surface area contributed by atoms with Crippen LogP contribution in [0.2, 0.25) is 0 Å². The van der Waals surface area contributed by atoms with Gasteiger partial charge in [-0.1, -0.05) is 6.07 Å². The van der Waals surface area contributed by atoms with Gasteiger partial charge in [0.15, 0.2) is 5.65 Å². The number of aromatic amines is 1. The van der Waals surface area contributed by atoms with E-state index in [4.69, 9.17) is 0 Å². The van der Waals surface area contributed by atoms with E-state index in [2.05, 4.69) is 16.0 Å². The maximum atomic E-state index is 11.9. The SMILES string of the molecule is Cc1cn2cc(-c3ccc4c(=O)[nH]cc(C)c4c3)cc(C#N)c2n1. The summed E-state index contributed by atoms with van der Waals surface area (Å²) in [4.78, 5) is 19.1. The molecule has 0 saturated carbocycles. The fraction of sp³-hybridized carbons (Fsp3) is 0.105. The molecule has 0 amide bonds. The van der Waals surface area contributed by atoms with Gasteiger partial charge in [0.1, 0.15) is 6.07 Å². The van der Waals surface area contributed by atoms with E-state index in [9.17, 15) is 10.1 Å². The number of pyridine rings is 2. The average molecular weight is 314 g/mol. The summed E-state index contributed by atoms with van der Waals surface area (Å²) >= 11 is 0. The Morgan fingerprint density at radius 2 is 1.96 bits per heavy atom. The Labute approximate surface area is 137 Å². The van der Waals surface area contributed by atoms with Crippen LogP contribution in [-0.2, 0) is 0 Å². The lowest BCUT2D eigenvalue weighted by atomic mass is 10.0. The Hall–Kier alpha value is -3.39. The number of fused-ring (bicyclic) bond motifs is 2. The standard InChI is InChI=1S/C19H14N4O/c1-11-8-21-19(24)16-4-3-13(6-17(11)16)15-5-14(7-20)18-22-12(2)9-23(18)10-15/h3-6,8-10H,1-2H3,(H,21,24). The normalized spacial score (nSPS) is 11.0. The zero-order valence-corrected chi connectivity index (χ0v) is 13.3. The van der Waals surface area contributed by atoms with E-state index in [-0.39, 0.29) is 5.56 Å². The smallest absolute Gasteiger partial charge is 0.255 e. The van der Waals surface area contributed by atoms with Crippen LogP contribution in [0, 0.1) is 25.2 Å². The third-order valence-corrected chi connectivity index (χ3v) is 4.23. The second kappa shape index (κ2) is 5.07. The van der Waals surface area contributed by atoms with Crippen molar-refractivity contribution in [3.63, 3.8) is 0 Å².